The first-order valence-corrected chi connectivity index (χ1v) is 10.9. The van der Waals surface area contributed by atoms with Crippen molar-refractivity contribution in [3.05, 3.63) is 17.5 Å². The molecule has 4 rings (SSSR count). The van der Waals surface area contributed by atoms with E-state index in [1.807, 2.05) is 23.0 Å². The lowest BCUT2D eigenvalue weighted by Gasteiger charge is -2.32. The van der Waals surface area contributed by atoms with Crippen LogP contribution in [0, 0.1) is 5.92 Å². The summed E-state index contributed by atoms with van der Waals surface area (Å²) in [6.45, 7) is 5.29. The zero-order valence-corrected chi connectivity index (χ0v) is 17.0. The molecule has 0 bridgehead atoms. The summed E-state index contributed by atoms with van der Waals surface area (Å²) in [6.07, 6.45) is 8.88. The first-order valence-electron chi connectivity index (χ1n) is 10.9. The average molecular weight is 388 g/mol. The molecule has 3 aliphatic rings. The monoisotopic (exact) mass is 387 g/mol. The van der Waals surface area contributed by atoms with Crippen LogP contribution in [0.4, 0.5) is 0 Å². The van der Waals surface area contributed by atoms with E-state index in [0.717, 1.165) is 89.1 Å². The van der Waals surface area contributed by atoms with Gasteiger partial charge in [0.05, 0.1) is 11.3 Å². The predicted octanol–water partition coefficient (Wildman–Crippen LogP) is 1.75. The minimum Gasteiger partial charge on any atom is -0.343 e. The van der Waals surface area contributed by atoms with Gasteiger partial charge >= 0.3 is 0 Å². The number of hydrogen-bond donors (Lipinski definition) is 1. The molecule has 0 saturated carbocycles. The molecule has 3 fully saturated rings. The minimum absolute atomic E-state index is 0.109. The van der Waals surface area contributed by atoms with Crippen LogP contribution in [-0.4, -0.2) is 70.7 Å². The van der Waals surface area contributed by atoms with Crippen molar-refractivity contribution >= 4 is 11.8 Å². The van der Waals surface area contributed by atoms with Crippen molar-refractivity contribution < 1.29 is 9.59 Å². The molecule has 1 aromatic heterocycles. The number of amides is 2. The molecule has 7 heteroatoms. The number of carbonyl (C=O) groups is 2. The first kappa shape index (κ1) is 19.4. The largest absolute Gasteiger partial charge is 0.343 e. The number of carbonyl (C=O) groups excluding carboxylic acids is 2. The third-order valence-electron chi connectivity index (χ3n) is 6.60. The molecule has 28 heavy (non-hydrogen) atoms. The number of nitrogens with one attached hydrogen (secondary N) is 1. The summed E-state index contributed by atoms with van der Waals surface area (Å²) in [5.41, 5.74) is 1.72. The van der Waals surface area contributed by atoms with Crippen molar-refractivity contribution in [2.75, 3.05) is 39.3 Å². The Morgan fingerprint density at radius 2 is 1.82 bits per heavy atom. The predicted molar refractivity (Wildman–Crippen MR) is 107 cm³/mol. The summed E-state index contributed by atoms with van der Waals surface area (Å²) in [4.78, 5) is 29.6. The molecule has 0 aromatic carbocycles. The van der Waals surface area contributed by atoms with Gasteiger partial charge in [-0.1, -0.05) is 0 Å². The second kappa shape index (κ2) is 8.64. The summed E-state index contributed by atoms with van der Waals surface area (Å²) < 4.78 is 1.78. The van der Waals surface area contributed by atoms with Gasteiger partial charge in [0.25, 0.3) is 5.91 Å². The van der Waals surface area contributed by atoms with Crippen molar-refractivity contribution in [3.8, 4) is 0 Å². The molecule has 0 aliphatic carbocycles. The Morgan fingerprint density at radius 1 is 1.07 bits per heavy atom. The lowest BCUT2D eigenvalue weighted by Crippen LogP contribution is -2.40. The molecule has 1 unspecified atom stereocenters. The van der Waals surface area contributed by atoms with Gasteiger partial charge in [-0.05, 0) is 51.0 Å². The van der Waals surface area contributed by atoms with Crippen molar-refractivity contribution in [1.29, 1.82) is 0 Å². The maximum atomic E-state index is 13.2. The van der Waals surface area contributed by atoms with Gasteiger partial charge in [0, 0.05) is 58.3 Å². The fourth-order valence-electron chi connectivity index (χ4n) is 4.91. The standard InChI is InChI=1S/C21H33N5O2/c1-24-15-18(20(23-24)17-5-4-8-22-14-17)21(28)26-11-6-16(7-12-26)13-19(27)25-9-2-3-10-25/h15-17,22H,2-14H2,1H3. The molecule has 154 valence electrons. The maximum Gasteiger partial charge on any atom is 0.257 e. The Balaban J connectivity index is 1.34. The van der Waals surface area contributed by atoms with Crippen LogP contribution in [0.3, 0.4) is 0 Å². The number of likely N-dealkylation sites (tertiary alicyclic amines) is 2. The Morgan fingerprint density at radius 3 is 2.50 bits per heavy atom. The number of piperidine rings is 2. The molecular formula is C21H33N5O2. The number of rotatable bonds is 4. The molecule has 1 aromatic rings. The highest BCUT2D eigenvalue weighted by molar-refractivity contribution is 5.95. The van der Waals surface area contributed by atoms with E-state index < -0.39 is 0 Å². The fraction of sp³-hybridized carbons (Fsp3) is 0.762. The summed E-state index contributed by atoms with van der Waals surface area (Å²) in [6, 6.07) is 0. The van der Waals surface area contributed by atoms with Crippen LogP contribution in [0.25, 0.3) is 0 Å². The van der Waals surface area contributed by atoms with Crippen LogP contribution in [0.1, 0.15) is 66.9 Å². The molecule has 3 aliphatic heterocycles. The third kappa shape index (κ3) is 4.24. The first-order chi connectivity index (χ1) is 13.6. The van der Waals surface area contributed by atoms with Gasteiger partial charge in [-0.25, -0.2) is 0 Å². The van der Waals surface area contributed by atoms with Gasteiger partial charge in [0.1, 0.15) is 0 Å². The zero-order valence-electron chi connectivity index (χ0n) is 17.0. The van der Waals surface area contributed by atoms with Gasteiger partial charge in [0.2, 0.25) is 5.91 Å². The molecule has 0 spiro atoms. The van der Waals surface area contributed by atoms with Crippen molar-refractivity contribution in [2.45, 2.75) is 50.9 Å². The second-order valence-corrected chi connectivity index (χ2v) is 8.67. The van der Waals surface area contributed by atoms with Gasteiger partial charge in [-0.15, -0.1) is 0 Å². The van der Waals surface area contributed by atoms with Gasteiger partial charge < -0.3 is 15.1 Å². The van der Waals surface area contributed by atoms with E-state index in [9.17, 15) is 9.59 Å². The number of nitrogens with zero attached hydrogens (tertiary/aromatic N) is 4. The summed E-state index contributed by atoms with van der Waals surface area (Å²) in [7, 11) is 1.90. The quantitative estimate of drug-likeness (QED) is 0.855. The van der Waals surface area contributed by atoms with Crippen molar-refractivity contribution in [3.63, 3.8) is 0 Å². The summed E-state index contributed by atoms with van der Waals surface area (Å²) in [5, 5.41) is 8.05. The molecule has 3 saturated heterocycles. The Hall–Kier alpha value is -1.89. The summed E-state index contributed by atoms with van der Waals surface area (Å²) >= 11 is 0. The van der Waals surface area contributed by atoms with Crippen molar-refractivity contribution in [1.82, 2.24) is 24.9 Å². The van der Waals surface area contributed by atoms with Crippen LogP contribution in [0.15, 0.2) is 6.20 Å². The van der Waals surface area contributed by atoms with Gasteiger partial charge in [-0.3, -0.25) is 14.3 Å². The smallest absolute Gasteiger partial charge is 0.257 e. The average Bonchev–Trinajstić information content (AvgIpc) is 3.39. The molecule has 1 atom stereocenters. The highest BCUT2D eigenvalue weighted by atomic mass is 16.2. The zero-order chi connectivity index (χ0) is 19.5. The molecule has 2 amide bonds. The highest BCUT2D eigenvalue weighted by Crippen LogP contribution is 2.28. The number of aryl methyl sites for hydroxylation is 1. The topological polar surface area (TPSA) is 70.5 Å². The lowest BCUT2D eigenvalue weighted by molar-refractivity contribution is -0.131. The highest BCUT2D eigenvalue weighted by Gasteiger charge is 2.31. The number of aromatic nitrogens is 2. The molecule has 0 radical (unpaired) electrons. The van der Waals surface area contributed by atoms with Crippen LogP contribution >= 0.6 is 0 Å². The molecule has 4 heterocycles. The SMILES string of the molecule is Cn1cc(C(=O)N2CCC(CC(=O)N3CCCC3)CC2)c(C2CCCNC2)n1. The molecule has 1 N–H and O–H groups in total. The Bertz CT molecular complexity index is 696. The van der Waals surface area contributed by atoms with Crippen LogP contribution < -0.4 is 5.32 Å². The van der Waals surface area contributed by atoms with Gasteiger partial charge in [-0.2, -0.15) is 5.10 Å². The Kier molecular flexibility index (Phi) is 5.99. The molecule has 7 nitrogen and oxygen atoms in total. The van der Waals surface area contributed by atoms with Crippen LogP contribution in [-0.2, 0) is 11.8 Å². The molecular weight excluding hydrogens is 354 g/mol. The van der Waals surface area contributed by atoms with Crippen LogP contribution in [0.5, 0.6) is 0 Å². The number of hydrogen-bond acceptors (Lipinski definition) is 4. The van der Waals surface area contributed by atoms with E-state index in [2.05, 4.69) is 10.4 Å². The van der Waals surface area contributed by atoms with Gasteiger partial charge in [0.15, 0.2) is 0 Å². The van der Waals surface area contributed by atoms with Crippen molar-refractivity contribution in [2.24, 2.45) is 13.0 Å². The van der Waals surface area contributed by atoms with E-state index in [-0.39, 0.29) is 5.91 Å². The van der Waals surface area contributed by atoms with E-state index in [1.54, 1.807) is 4.68 Å². The minimum atomic E-state index is 0.109. The van der Waals surface area contributed by atoms with E-state index in [4.69, 9.17) is 0 Å². The summed E-state index contributed by atoms with van der Waals surface area (Å²) in [5.74, 6) is 1.15. The van der Waals surface area contributed by atoms with E-state index in [0.29, 0.717) is 24.2 Å². The lowest BCUT2D eigenvalue weighted by atomic mass is 9.91. The fourth-order valence-corrected chi connectivity index (χ4v) is 4.91. The maximum absolute atomic E-state index is 13.2. The van der Waals surface area contributed by atoms with E-state index >= 15 is 0 Å². The second-order valence-electron chi connectivity index (χ2n) is 8.67. The van der Waals surface area contributed by atoms with Crippen LogP contribution in [0.2, 0.25) is 0 Å². The third-order valence-corrected chi connectivity index (χ3v) is 6.60. The van der Waals surface area contributed by atoms with E-state index in [1.165, 1.54) is 0 Å². The normalized spacial score (nSPS) is 24.0. The Labute approximate surface area is 167 Å².